The van der Waals surface area contributed by atoms with Crippen molar-refractivity contribution >= 4 is 17.5 Å². The molecule has 1 N–H and O–H groups in total. The third-order valence-electron chi connectivity index (χ3n) is 4.34. The summed E-state index contributed by atoms with van der Waals surface area (Å²) < 4.78 is 55.9. The Kier molecular flexibility index (Phi) is 5.88. The molecule has 1 aromatic heterocycles. The number of halogens is 5. The minimum absolute atomic E-state index is 0.0445. The standard InChI is InChI=1S/C21H15ClF4N2O/c1-21(26,11-28-20(29)19-17(24)3-2-4-18(19)25)15-6-5-12(8-16(15)22)13-7-14(23)10-27-9-13/h2-10H,11H2,1H3,(H,28,29). The molecule has 150 valence electrons. The van der Waals surface area contributed by atoms with Crippen LogP contribution in [0.25, 0.3) is 11.1 Å². The lowest BCUT2D eigenvalue weighted by atomic mass is 9.95. The Balaban J connectivity index is 1.79. The number of amides is 1. The van der Waals surface area contributed by atoms with E-state index in [0.29, 0.717) is 11.1 Å². The van der Waals surface area contributed by atoms with E-state index in [2.05, 4.69) is 10.3 Å². The predicted molar refractivity (Wildman–Crippen MR) is 102 cm³/mol. The normalized spacial score (nSPS) is 13.0. The van der Waals surface area contributed by atoms with Gasteiger partial charge in [0.05, 0.1) is 12.7 Å². The van der Waals surface area contributed by atoms with Crippen LogP contribution in [0.15, 0.2) is 54.9 Å². The second-order valence-corrected chi connectivity index (χ2v) is 6.97. The van der Waals surface area contributed by atoms with Crippen molar-refractivity contribution in [1.82, 2.24) is 10.3 Å². The fourth-order valence-electron chi connectivity index (χ4n) is 2.83. The molecule has 0 saturated heterocycles. The fourth-order valence-corrected chi connectivity index (χ4v) is 3.21. The Morgan fingerprint density at radius 3 is 2.38 bits per heavy atom. The van der Waals surface area contributed by atoms with Crippen molar-refractivity contribution in [2.75, 3.05) is 6.54 Å². The fraction of sp³-hybridized carbons (Fsp3) is 0.143. The zero-order chi connectivity index (χ0) is 21.2. The number of hydrogen-bond acceptors (Lipinski definition) is 2. The number of nitrogens with one attached hydrogen (secondary N) is 1. The second-order valence-electron chi connectivity index (χ2n) is 6.56. The van der Waals surface area contributed by atoms with Crippen LogP contribution in [0.2, 0.25) is 5.02 Å². The molecule has 0 bridgehead atoms. The van der Waals surface area contributed by atoms with Gasteiger partial charge in [-0.3, -0.25) is 9.78 Å². The minimum Gasteiger partial charge on any atom is -0.348 e. The maximum atomic E-state index is 15.2. The molecular weight excluding hydrogens is 408 g/mol. The van der Waals surface area contributed by atoms with Gasteiger partial charge >= 0.3 is 0 Å². The molecule has 0 aliphatic carbocycles. The molecule has 0 spiro atoms. The third-order valence-corrected chi connectivity index (χ3v) is 4.65. The van der Waals surface area contributed by atoms with Gasteiger partial charge in [0.2, 0.25) is 0 Å². The first-order valence-corrected chi connectivity index (χ1v) is 8.89. The van der Waals surface area contributed by atoms with Crippen molar-refractivity contribution < 1.29 is 22.4 Å². The summed E-state index contributed by atoms with van der Waals surface area (Å²) in [7, 11) is 0. The van der Waals surface area contributed by atoms with Crippen LogP contribution in [-0.2, 0) is 5.67 Å². The summed E-state index contributed by atoms with van der Waals surface area (Å²) in [4.78, 5) is 15.8. The molecule has 1 heterocycles. The molecule has 8 heteroatoms. The van der Waals surface area contributed by atoms with Crippen LogP contribution < -0.4 is 5.32 Å². The second kappa shape index (κ2) is 8.21. The monoisotopic (exact) mass is 422 g/mol. The summed E-state index contributed by atoms with van der Waals surface area (Å²) in [6, 6.07) is 8.63. The quantitative estimate of drug-likeness (QED) is 0.557. The highest BCUT2D eigenvalue weighted by Crippen LogP contribution is 2.34. The van der Waals surface area contributed by atoms with Gasteiger partial charge in [-0.1, -0.05) is 29.8 Å². The Hall–Kier alpha value is -2.93. The Morgan fingerprint density at radius 1 is 1.07 bits per heavy atom. The minimum atomic E-state index is -2.13. The van der Waals surface area contributed by atoms with Gasteiger partial charge in [0.15, 0.2) is 5.67 Å². The highest BCUT2D eigenvalue weighted by Gasteiger charge is 2.30. The zero-order valence-corrected chi connectivity index (χ0v) is 15.9. The van der Waals surface area contributed by atoms with Gasteiger partial charge in [0, 0.05) is 22.3 Å². The predicted octanol–water partition coefficient (Wildman–Crippen LogP) is 5.43. The Labute approximate surface area is 169 Å². The summed E-state index contributed by atoms with van der Waals surface area (Å²) in [5, 5.41) is 2.23. The molecule has 0 fully saturated rings. The van der Waals surface area contributed by atoms with Crippen molar-refractivity contribution in [1.29, 1.82) is 0 Å². The maximum Gasteiger partial charge on any atom is 0.257 e. The molecule has 0 aliphatic heterocycles. The highest BCUT2D eigenvalue weighted by atomic mass is 35.5. The lowest BCUT2D eigenvalue weighted by molar-refractivity contribution is 0.0902. The number of benzene rings is 2. The summed E-state index contributed by atoms with van der Waals surface area (Å²) in [5.74, 6) is -3.70. The average molecular weight is 423 g/mol. The molecule has 0 radical (unpaired) electrons. The molecule has 0 aliphatic rings. The lowest BCUT2D eigenvalue weighted by Crippen LogP contribution is -2.36. The van der Waals surface area contributed by atoms with E-state index in [1.165, 1.54) is 37.4 Å². The van der Waals surface area contributed by atoms with Crippen molar-refractivity contribution in [3.8, 4) is 11.1 Å². The molecule has 1 unspecified atom stereocenters. The van der Waals surface area contributed by atoms with Crippen LogP contribution >= 0.6 is 11.6 Å². The number of pyridine rings is 1. The lowest BCUT2D eigenvalue weighted by Gasteiger charge is -2.23. The third kappa shape index (κ3) is 4.56. The average Bonchev–Trinajstić information content (AvgIpc) is 2.66. The van der Waals surface area contributed by atoms with E-state index in [9.17, 15) is 18.0 Å². The molecular formula is C21H15ClF4N2O. The van der Waals surface area contributed by atoms with Crippen LogP contribution in [0.4, 0.5) is 17.6 Å². The summed E-state index contributed by atoms with van der Waals surface area (Å²) >= 11 is 6.20. The molecule has 3 rings (SSSR count). The van der Waals surface area contributed by atoms with E-state index in [1.807, 2.05) is 0 Å². The molecule has 3 nitrogen and oxygen atoms in total. The molecule has 0 saturated carbocycles. The molecule has 1 atom stereocenters. The number of nitrogens with zero attached hydrogens (tertiary/aromatic N) is 1. The molecule has 29 heavy (non-hydrogen) atoms. The van der Waals surface area contributed by atoms with E-state index in [0.717, 1.165) is 24.4 Å². The van der Waals surface area contributed by atoms with Gasteiger partial charge < -0.3 is 5.32 Å². The molecule has 3 aromatic rings. The van der Waals surface area contributed by atoms with Gasteiger partial charge in [-0.25, -0.2) is 17.6 Å². The SMILES string of the molecule is CC(F)(CNC(=O)c1c(F)cccc1F)c1ccc(-c2cncc(F)c2)cc1Cl. The van der Waals surface area contributed by atoms with Crippen LogP contribution in [0.1, 0.15) is 22.8 Å². The van der Waals surface area contributed by atoms with Gasteiger partial charge in [-0.2, -0.15) is 0 Å². The first-order valence-electron chi connectivity index (χ1n) is 8.51. The van der Waals surface area contributed by atoms with Crippen LogP contribution in [0.3, 0.4) is 0 Å². The largest absolute Gasteiger partial charge is 0.348 e. The number of hydrogen-bond donors (Lipinski definition) is 1. The van der Waals surface area contributed by atoms with Crippen LogP contribution in [-0.4, -0.2) is 17.4 Å². The van der Waals surface area contributed by atoms with Gasteiger partial charge in [0.25, 0.3) is 5.91 Å². The van der Waals surface area contributed by atoms with Crippen molar-refractivity contribution in [3.63, 3.8) is 0 Å². The highest BCUT2D eigenvalue weighted by molar-refractivity contribution is 6.31. The number of alkyl halides is 1. The number of carbonyl (C=O) groups excluding carboxylic acids is 1. The smallest absolute Gasteiger partial charge is 0.257 e. The van der Waals surface area contributed by atoms with E-state index in [-0.39, 0.29) is 10.6 Å². The number of carbonyl (C=O) groups is 1. The summed E-state index contributed by atoms with van der Waals surface area (Å²) in [5.41, 5.74) is -1.88. The van der Waals surface area contributed by atoms with Gasteiger partial charge in [-0.05, 0) is 36.8 Å². The van der Waals surface area contributed by atoms with E-state index in [1.54, 1.807) is 0 Å². The summed E-state index contributed by atoms with van der Waals surface area (Å²) in [6.07, 6.45) is 2.49. The molecule has 1 amide bonds. The van der Waals surface area contributed by atoms with Gasteiger partial charge in [0.1, 0.15) is 23.0 Å². The Bertz CT molecular complexity index is 1050. The number of rotatable bonds is 5. The Morgan fingerprint density at radius 2 is 1.76 bits per heavy atom. The van der Waals surface area contributed by atoms with Crippen molar-refractivity contribution in [3.05, 3.63) is 88.5 Å². The van der Waals surface area contributed by atoms with E-state index >= 15 is 4.39 Å². The van der Waals surface area contributed by atoms with Crippen molar-refractivity contribution in [2.45, 2.75) is 12.6 Å². The van der Waals surface area contributed by atoms with Crippen LogP contribution in [0, 0.1) is 17.5 Å². The van der Waals surface area contributed by atoms with E-state index in [4.69, 9.17) is 11.6 Å². The van der Waals surface area contributed by atoms with Crippen molar-refractivity contribution in [2.24, 2.45) is 0 Å². The first-order chi connectivity index (χ1) is 13.7. The van der Waals surface area contributed by atoms with Gasteiger partial charge in [-0.15, -0.1) is 0 Å². The maximum absolute atomic E-state index is 15.2. The molecule has 2 aromatic carbocycles. The van der Waals surface area contributed by atoms with Crippen LogP contribution in [0.5, 0.6) is 0 Å². The summed E-state index contributed by atoms with van der Waals surface area (Å²) in [6.45, 7) is 0.607. The topological polar surface area (TPSA) is 42.0 Å². The zero-order valence-electron chi connectivity index (χ0n) is 15.1. The first kappa shape index (κ1) is 20.8. The van der Waals surface area contributed by atoms with E-state index < -0.39 is 41.1 Å². The number of aromatic nitrogens is 1.